The summed E-state index contributed by atoms with van der Waals surface area (Å²) in [6.45, 7) is 2.01. The van der Waals surface area contributed by atoms with Crippen LogP contribution in [0.15, 0.2) is 40.9 Å². The van der Waals surface area contributed by atoms with Gasteiger partial charge in [-0.15, -0.1) is 0 Å². The Labute approximate surface area is 132 Å². The molecule has 1 unspecified atom stereocenters. The van der Waals surface area contributed by atoms with Crippen LogP contribution < -0.4 is 5.32 Å². The van der Waals surface area contributed by atoms with Crippen molar-refractivity contribution < 1.29 is 4.39 Å². The van der Waals surface area contributed by atoms with E-state index in [4.69, 9.17) is 11.6 Å². The minimum Gasteiger partial charge on any atom is -0.313 e. The zero-order chi connectivity index (χ0) is 14.7. The van der Waals surface area contributed by atoms with Crippen molar-refractivity contribution in [3.05, 3.63) is 68.4 Å². The third kappa shape index (κ3) is 4.05. The Balaban J connectivity index is 2.28. The molecule has 106 valence electrons. The van der Waals surface area contributed by atoms with Crippen molar-refractivity contribution in [3.8, 4) is 0 Å². The standard InChI is InChI=1S/C16H16BrClFN/c1-10-3-12(8-14(18)4-10)16(20-2)7-11-5-13(17)9-15(19)6-11/h3-6,8-9,16,20H,7H2,1-2H3. The summed E-state index contributed by atoms with van der Waals surface area (Å²) in [6.07, 6.45) is 0.701. The number of hydrogen-bond acceptors (Lipinski definition) is 1. The smallest absolute Gasteiger partial charge is 0.124 e. The topological polar surface area (TPSA) is 12.0 Å². The molecule has 0 bridgehead atoms. The zero-order valence-electron chi connectivity index (χ0n) is 11.4. The van der Waals surface area contributed by atoms with Crippen molar-refractivity contribution in [2.24, 2.45) is 0 Å². The van der Waals surface area contributed by atoms with Crippen LogP contribution >= 0.6 is 27.5 Å². The van der Waals surface area contributed by atoms with Gasteiger partial charge < -0.3 is 5.32 Å². The van der Waals surface area contributed by atoms with E-state index in [0.29, 0.717) is 6.42 Å². The first-order chi connectivity index (χ1) is 9.47. The summed E-state index contributed by atoms with van der Waals surface area (Å²) in [5.74, 6) is -0.230. The van der Waals surface area contributed by atoms with Gasteiger partial charge in [0.2, 0.25) is 0 Å². The molecule has 0 aliphatic rings. The maximum atomic E-state index is 13.4. The second-order valence-electron chi connectivity index (χ2n) is 4.88. The summed E-state index contributed by atoms with van der Waals surface area (Å²) in [6, 6.07) is 11.0. The van der Waals surface area contributed by atoms with Gasteiger partial charge in [-0.05, 0) is 67.4 Å². The maximum Gasteiger partial charge on any atom is 0.124 e. The summed E-state index contributed by atoms with van der Waals surface area (Å²) in [7, 11) is 1.90. The largest absolute Gasteiger partial charge is 0.313 e. The Morgan fingerprint density at radius 3 is 2.55 bits per heavy atom. The highest BCUT2D eigenvalue weighted by atomic mass is 79.9. The van der Waals surface area contributed by atoms with Crippen molar-refractivity contribution in [3.63, 3.8) is 0 Å². The number of benzene rings is 2. The fourth-order valence-corrected chi connectivity index (χ4v) is 3.13. The van der Waals surface area contributed by atoms with Crippen LogP contribution in [0.2, 0.25) is 5.02 Å². The van der Waals surface area contributed by atoms with Gasteiger partial charge in [-0.25, -0.2) is 4.39 Å². The molecule has 1 atom stereocenters. The normalized spacial score (nSPS) is 12.4. The molecule has 4 heteroatoms. The van der Waals surface area contributed by atoms with Gasteiger partial charge in [-0.1, -0.05) is 33.6 Å². The summed E-state index contributed by atoms with van der Waals surface area (Å²) in [4.78, 5) is 0. The highest BCUT2D eigenvalue weighted by Crippen LogP contribution is 2.25. The first kappa shape index (κ1) is 15.5. The molecule has 0 saturated carbocycles. The highest BCUT2D eigenvalue weighted by Gasteiger charge is 2.12. The van der Waals surface area contributed by atoms with Gasteiger partial charge in [0.15, 0.2) is 0 Å². The molecular formula is C16H16BrClFN. The average molecular weight is 357 g/mol. The highest BCUT2D eigenvalue weighted by molar-refractivity contribution is 9.10. The Morgan fingerprint density at radius 2 is 1.95 bits per heavy atom. The number of nitrogens with one attached hydrogen (secondary N) is 1. The van der Waals surface area contributed by atoms with Crippen LogP contribution in [0.4, 0.5) is 4.39 Å². The van der Waals surface area contributed by atoms with E-state index in [1.807, 2.05) is 32.2 Å². The van der Waals surface area contributed by atoms with Crippen LogP contribution in [0.5, 0.6) is 0 Å². The summed E-state index contributed by atoms with van der Waals surface area (Å²) < 4.78 is 14.2. The van der Waals surface area contributed by atoms with E-state index in [0.717, 1.165) is 26.2 Å². The van der Waals surface area contributed by atoms with Crippen LogP contribution in [0.25, 0.3) is 0 Å². The molecule has 0 aliphatic carbocycles. The second-order valence-corrected chi connectivity index (χ2v) is 6.24. The fourth-order valence-electron chi connectivity index (χ4n) is 2.32. The Hall–Kier alpha value is -0.900. The van der Waals surface area contributed by atoms with Gasteiger partial charge in [-0.2, -0.15) is 0 Å². The average Bonchev–Trinajstić information content (AvgIpc) is 2.33. The molecule has 0 aliphatic heterocycles. The number of halogens is 3. The second kappa shape index (κ2) is 6.70. The SMILES string of the molecule is CNC(Cc1cc(F)cc(Br)c1)c1cc(C)cc(Cl)c1. The molecule has 2 aromatic carbocycles. The van der Waals surface area contributed by atoms with Gasteiger partial charge in [0.05, 0.1) is 0 Å². The van der Waals surface area contributed by atoms with Crippen molar-refractivity contribution >= 4 is 27.5 Å². The van der Waals surface area contributed by atoms with E-state index in [1.54, 1.807) is 6.07 Å². The van der Waals surface area contributed by atoms with E-state index in [9.17, 15) is 4.39 Å². The summed E-state index contributed by atoms with van der Waals surface area (Å²) in [5.41, 5.74) is 3.17. The monoisotopic (exact) mass is 355 g/mol. The molecule has 1 N–H and O–H groups in total. The molecule has 0 radical (unpaired) electrons. The molecule has 0 spiro atoms. The Bertz CT molecular complexity index is 575. The third-order valence-corrected chi connectivity index (χ3v) is 3.85. The first-order valence-electron chi connectivity index (χ1n) is 6.37. The third-order valence-electron chi connectivity index (χ3n) is 3.18. The van der Waals surface area contributed by atoms with Gasteiger partial charge in [-0.3, -0.25) is 0 Å². The molecule has 2 aromatic rings. The van der Waals surface area contributed by atoms with Gasteiger partial charge in [0.25, 0.3) is 0 Å². The first-order valence-corrected chi connectivity index (χ1v) is 7.54. The Kier molecular flexibility index (Phi) is 5.19. The van der Waals surface area contributed by atoms with E-state index in [-0.39, 0.29) is 11.9 Å². The lowest BCUT2D eigenvalue weighted by Crippen LogP contribution is -2.19. The summed E-state index contributed by atoms with van der Waals surface area (Å²) >= 11 is 9.43. The number of aryl methyl sites for hydroxylation is 1. The molecule has 0 saturated heterocycles. The van der Waals surface area contributed by atoms with Crippen LogP contribution in [0.1, 0.15) is 22.7 Å². The maximum absolute atomic E-state index is 13.4. The lowest BCUT2D eigenvalue weighted by Gasteiger charge is -2.18. The molecular weight excluding hydrogens is 341 g/mol. The zero-order valence-corrected chi connectivity index (χ0v) is 13.7. The van der Waals surface area contributed by atoms with Gasteiger partial charge in [0.1, 0.15) is 5.82 Å². The Morgan fingerprint density at radius 1 is 1.20 bits per heavy atom. The van der Waals surface area contributed by atoms with Crippen molar-refractivity contribution in [1.82, 2.24) is 5.32 Å². The molecule has 1 nitrogen and oxygen atoms in total. The summed E-state index contributed by atoms with van der Waals surface area (Å²) in [5, 5.41) is 3.99. The lowest BCUT2D eigenvalue weighted by atomic mass is 9.97. The lowest BCUT2D eigenvalue weighted by molar-refractivity contribution is 0.583. The van der Waals surface area contributed by atoms with Crippen molar-refractivity contribution in [2.75, 3.05) is 7.05 Å². The molecule has 0 amide bonds. The van der Waals surface area contributed by atoms with Crippen LogP contribution in [-0.4, -0.2) is 7.05 Å². The minimum absolute atomic E-state index is 0.0982. The molecule has 0 fully saturated rings. The van der Waals surface area contributed by atoms with Crippen LogP contribution in [0.3, 0.4) is 0 Å². The number of hydrogen-bond donors (Lipinski definition) is 1. The minimum atomic E-state index is -0.230. The van der Waals surface area contributed by atoms with E-state index < -0.39 is 0 Å². The number of rotatable bonds is 4. The van der Waals surface area contributed by atoms with Crippen LogP contribution in [0, 0.1) is 12.7 Å². The molecule has 20 heavy (non-hydrogen) atoms. The molecule has 0 heterocycles. The van der Waals surface area contributed by atoms with Gasteiger partial charge in [0, 0.05) is 15.5 Å². The van der Waals surface area contributed by atoms with Crippen molar-refractivity contribution in [1.29, 1.82) is 0 Å². The van der Waals surface area contributed by atoms with Crippen LogP contribution in [-0.2, 0) is 6.42 Å². The van der Waals surface area contributed by atoms with E-state index in [2.05, 4.69) is 27.3 Å². The molecule has 0 aromatic heterocycles. The quantitative estimate of drug-likeness (QED) is 0.808. The van der Waals surface area contributed by atoms with E-state index >= 15 is 0 Å². The predicted octanol–water partition coefficient (Wildman–Crippen LogP) is 5.05. The molecule has 2 rings (SSSR count). The van der Waals surface area contributed by atoms with E-state index in [1.165, 1.54) is 6.07 Å². The van der Waals surface area contributed by atoms with Crippen molar-refractivity contribution in [2.45, 2.75) is 19.4 Å². The van der Waals surface area contributed by atoms with Gasteiger partial charge >= 0.3 is 0 Å². The predicted molar refractivity (Wildman–Crippen MR) is 85.8 cm³/mol. The fraction of sp³-hybridized carbons (Fsp3) is 0.250. The number of likely N-dealkylation sites (N-methyl/N-ethyl adjacent to an activating group) is 1.